The molecule has 15 heavy (non-hydrogen) atoms. The summed E-state index contributed by atoms with van der Waals surface area (Å²) < 4.78 is 7.42. The molecule has 5 heteroatoms. The largest absolute Gasteiger partial charge is 1.00 e. The third kappa shape index (κ3) is 7.93. The van der Waals surface area contributed by atoms with Crippen LogP contribution in [-0.2, 0) is 29.1 Å². The Kier molecular flexibility index (Phi) is 10.2. The summed E-state index contributed by atoms with van der Waals surface area (Å²) in [5.41, 5.74) is 1.52. The van der Waals surface area contributed by atoms with Crippen LogP contribution in [0.5, 0.6) is 0 Å². The van der Waals surface area contributed by atoms with Crippen LogP contribution in [0.4, 0.5) is 0 Å². The number of halogens is 2. The van der Waals surface area contributed by atoms with Gasteiger partial charge in [-0.25, -0.2) is 0 Å². The Morgan fingerprint density at radius 2 is 1.93 bits per heavy atom. The van der Waals surface area contributed by atoms with Crippen LogP contribution >= 0.6 is 0 Å². The molecule has 0 aliphatic heterocycles. The topological polar surface area (TPSA) is 9.23 Å². The SMILES string of the molecule is C[Si](C)(C)OCCC1=[C]([Zr+2])CC=C1.[Cl-].[Cl-]. The van der Waals surface area contributed by atoms with Gasteiger partial charge in [0.1, 0.15) is 0 Å². The second-order valence-corrected chi connectivity index (χ2v) is 10.3. The fraction of sp³-hybridized carbons (Fsp3) is 0.600. The molecule has 0 aromatic heterocycles. The first-order valence-electron chi connectivity index (χ1n) is 4.73. The molecule has 1 aliphatic rings. The van der Waals surface area contributed by atoms with Crippen LogP contribution in [0.15, 0.2) is 21.0 Å². The zero-order valence-corrected chi connectivity index (χ0v) is 14.4. The summed E-state index contributed by atoms with van der Waals surface area (Å²) in [5.74, 6) is 0. The van der Waals surface area contributed by atoms with Crippen molar-refractivity contribution in [3.05, 3.63) is 21.0 Å². The first-order chi connectivity index (χ1) is 5.99. The maximum atomic E-state index is 5.82. The molecule has 0 unspecified atom stereocenters. The molecule has 1 rings (SSSR count). The van der Waals surface area contributed by atoms with E-state index in [2.05, 4.69) is 31.8 Å². The Bertz CT molecular complexity index is 246. The van der Waals surface area contributed by atoms with Gasteiger partial charge in [-0.15, -0.1) is 0 Å². The maximum Gasteiger partial charge on any atom is -1.00 e. The molecule has 85 valence electrons. The minimum atomic E-state index is -1.29. The van der Waals surface area contributed by atoms with Gasteiger partial charge in [0.25, 0.3) is 0 Å². The maximum absolute atomic E-state index is 5.82. The van der Waals surface area contributed by atoms with Gasteiger partial charge in [0.15, 0.2) is 0 Å². The molecule has 0 N–H and O–H groups in total. The zero-order chi connectivity index (χ0) is 9.90. The molecule has 0 amide bonds. The molecule has 0 bridgehead atoms. The van der Waals surface area contributed by atoms with Crippen LogP contribution in [0.1, 0.15) is 12.8 Å². The van der Waals surface area contributed by atoms with Gasteiger partial charge in [-0.3, -0.25) is 0 Å². The number of hydrogen-bond acceptors (Lipinski definition) is 1. The van der Waals surface area contributed by atoms with Crippen molar-refractivity contribution in [3.63, 3.8) is 0 Å². The normalized spacial score (nSPS) is 15.0. The van der Waals surface area contributed by atoms with Crippen molar-refractivity contribution in [2.75, 3.05) is 6.61 Å². The van der Waals surface area contributed by atoms with Gasteiger partial charge in [0.05, 0.1) is 0 Å². The predicted molar refractivity (Wildman–Crippen MR) is 54.7 cm³/mol. The van der Waals surface area contributed by atoms with Crippen molar-refractivity contribution in [1.82, 2.24) is 0 Å². The fourth-order valence-electron chi connectivity index (χ4n) is 1.25. The standard InChI is InChI=1S/C10H17OSi.2ClH.Zr/c1-12(2,3)11-9-8-10-6-4-5-7-10;;;/h4,6H,5,8-9H2,1-3H3;2*1H;/q;;;+2/p-2. The molecule has 0 saturated heterocycles. The minimum absolute atomic E-state index is 0. The zero-order valence-electron chi connectivity index (χ0n) is 9.44. The van der Waals surface area contributed by atoms with E-state index in [1.54, 1.807) is 28.0 Å². The molecule has 0 spiro atoms. The summed E-state index contributed by atoms with van der Waals surface area (Å²) in [6, 6.07) is 0. The van der Waals surface area contributed by atoms with Crippen LogP contribution in [0, 0.1) is 0 Å². The van der Waals surface area contributed by atoms with E-state index in [0.717, 1.165) is 13.0 Å². The van der Waals surface area contributed by atoms with E-state index in [4.69, 9.17) is 4.43 Å². The van der Waals surface area contributed by atoms with E-state index in [1.165, 1.54) is 12.0 Å². The van der Waals surface area contributed by atoms with Crippen LogP contribution in [0.3, 0.4) is 0 Å². The second-order valence-electron chi connectivity index (χ2n) is 4.32. The Morgan fingerprint density at radius 3 is 2.33 bits per heavy atom. The molecule has 0 saturated carbocycles. The van der Waals surface area contributed by atoms with Gasteiger partial charge in [-0.05, 0) is 0 Å². The Hall–Kier alpha value is 1.12. The molecule has 0 aromatic rings. The van der Waals surface area contributed by atoms with E-state index < -0.39 is 8.32 Å². The van der Waals surface area contributed by atoms with Gasteiger partial charge in [0.2, 0.25) is 0 Å². The predicted octanol–water partition coefficient (Wildman–Crippen LogP) is -3.00. The monoisotopic (exact) mass is 341 g/mol. The van der Waals surface area contributed by atoms with Crippen molar-refractivity contribution in [3.8, 4) is 0 Å². The van der Waals surface area contributed by atoms with E-state index >= 15 is 0 Å². The number of hydrogen-bond donors (Lipinski definition) is 0. The quantitative estimate of drug-likeness (QED) is 0.495. The van der Waals surface area contributed by atoms with E-state index in [1.807, 2.05) is 0 Å². The average molecular weight is 343 g/mol. The molecule has 0 atom stereocenters. The molecule has 0 radical (unpaired) electrons. The Labute approximate surface area is 122 Å². The van der Waals surface area contributed by atoms with E-state index in [9.17, 15) is 0 Å². The third-order valence-electron chi connectivity index (χ3n) is 1.94. The van der Waals surface area contributed by atoms with Gasteiger partial charge in [-0.1, -0.05) is 0 Å². The van der Waals surface area contributed by atoms with Crippen molar-refractivity contribution < 1.29 is 54.0 Å². The van der Waals surface area contributed by atoms with Gasteiger partial charge in [0, 0.05) is 0 Å². The molecule has 0 fully saturated rings. The molecular weight excluding hydrogens is 326 g/mol. The van der Waals surface area contributed by atoms with E-state index in [-0.39, 0.29) is 24.8 Å². The van der Waals surface area contributed by atoms with Crippen LogP contribution in [-0.4, -0.2) is 14.9 Å². The molecule has 0 aromatic carbocycles. The molecule has 1 nitrogen and oxygen atoms in total. The summed E-state index contributed by atoms with van der Waals surface area (Å²) >= 11 is 1.57. The van der Waals surface area contributed by atoms with Crippen molar-refractivity contribution in [1.29, 1.82) is 0 Å². The summed E-state index contributed by atoms with van der Waals surface area (Å²) in [4.78, 5) is 0. The van der Waals surface area contributed by atoms with Crippen LogP contribution in [0.25, 0.3) is 0 Å². The summed E-state index contributed by atoms with van der Waals surface area (Å²) in [5, 5.41) is 0. The van der Waals surface area contributed by atoms with E-state index in [0.29, 0.717) is 0 Å². The minimum Gasteiger partial charge on any atom is -1.00 e. The van der Waals surface area contributed by atoms with Gasteiger partial charge < -0.3 is 24.8 Å². The number of allylic oxidation sites excluding steroid dienone is 3. The van der Waals surface area contributed by atoms with Crippen molar-refractivity contribution in [2.45, 2.75) is 32.5 Å². The summed E-state index contributed by atoms with van der Waals surface area (Å²) in [7, 11) is -1.29. The summed E-state index contributed by atoms with van der Waals surface area (Å²) in [6.45, 7) is 7.63. The smallest absolute Gasteiger partial charge is 1.00 e. The fourth-order valence-corrected chi connectivity index (χ4v) is 2.77. The van der Waals surface area contributed by atoms with Gasteiger partial charge in [-0.2, -0.15) is 0 Å². The average Bonchev–Trinajstić information content (AvgIpc) is 2.34. The van der Waals surface area contributed by atoms with Crippen LogP contribution in [0.2, 0.25) is 19.6 Å². The van der Waals surface area contributed by atoms with Gasteiger partial charge >= 0.3 is 97.6 Å². The molecular formula is C10H17Cl2OSiZr. The molecule has 0 heterocycles. The Balaban J connectivity index is 0. The first-order valence-corrected chi connectivity index (χ1v) is 9.37. The summed E-state index contributed by atoms with van der Waals surface area (Å²) in [6.07, 6.45) is 6.81. The number of rotatable bonds is 4. The molecule has 1 aliphatic carbocycles. The third-order valence-corrected chi connectivity index (χ3v) is 4.30. The van der Waals surface area contributed by atoms with Crippen molar-refractivity contribution >= 4 is 8.32 Å². The Morgan fingerprint density at radius 1 is 1.33 bits per heavy atom. The first kappa shape index (κ1) is 18.5. The van der Waals surface area contributed by atoms with Crippen molar-refractivity contribution in [2.24, 2.45) is 0 Å². The van der Waals surface area contributed by atoms with Crippen LogP contribution < -0.4 is 24.8 Å². The second kappa shape index (κ2) is 8.25.